The van der Waals surface area contributed by atoms with Gasteiger partial charge in [-0.3, -0.25) is 0 Å². The number of allylic oxidation sites excluding steroid dienone is 2. The summed E-state index contributed by atoms with van der Waals surface area (Å²) in [6.45, 7) is 4.59. The van der Waals surface area contributed by atoms with Crippen molar-refractivity contribution in [1.82, 2.24) is 0 Å². The van der Waals surface area contributed by atoms with E-state index in [1.165, 1.54) is 51.4 Å². The van der Waals surface area contributed by atoms with Gasteiger partial charge in [0.1, 0.15) is 0 Å². The molecule has 0 bridgehead atoms. The molecule has 0 nitrogen and oxygen atoms in total. The van der Waals surface area contributed by atoms with Gasteiger partial charge in [-0.2, -0.15) is 0 Å². The summed E-state index contributed by atoms with van der Waals surface area (Å²) in [4.78, 5) is 0. The van der Waals surface area contributed by atoms with Crippen LogP contribution in [0.4, 0.5) is 0 Å². The molecule has 92 valence electrons. The lowest BCUT2D eigenvalue weighted by molar-refractivity contribution is 0.160. The Morgan fingerprint density at radius 3 is 1.75 bits per heavy atom. The Balaban J connectivity index is 1.76. The molecule has 2 saturated carbocycles. The average Bonchev–Trinajstić information content (AvgIpc) is 2.32. The van der Waals surface area contributed by atoms with Gasteiger partial charge >= 0.3 is 0 Å². The largest absolute Gasteiger partial charge is 0.0914 e. The summed E-state index contributed by atoms with van der Waals surface area (Å²) in [6, 6.07) is 0. The normalized spacial score (nSPS) is 41.4. The van der Waals surface area contributed by atoms with Gasteiger partial charge in [-0.15, -0.1) is 0 Å². The van der Waals surface area contributed by atoms with Crippen LogP contribution < -0.4 is 0 Å². The zero-order valence-corrected chi connectivity index (χ0v) is 11.1. The highest BCUT2D eigenvalue weighted by molar-refractivity contribution is 4.90. The summed E-state index contributed by atoms with van der Waals surface area (Å²) in [7, 11) is 0. The van der Waals surface area contributed by atoms with Crippen molar-refractivity contribution in [2.75, 3.05) is 0 Å². The van der Waals surface area contributed by atoms with Gasteiger partial charge < -0.3 is 0 Å². The summed E-state index contributed by atoms with van der Waals surface area (Å²) >= 11 is 0. The van der Waals surface area contributed by atoms with Crippen LogP contribution in [-0.2, 0) is 0 Å². The first-order valence-corrected chi connectivity index (χ1v) is 7.42. The first kappa shape index (κ1) is 12.2. The van der Waals surface area contributed by atoms with Gasteiger partial charge in [0.25, 0.3) is 0 Å². The van der Waals surface area contributed by atoms with Crippen LogP contribution in [-0.4, -0.2) is 0 Å². The summed E-state index contributed by atoms with van der Waals surface area (Å²) < 4.78 is 0. The Kier molecular flexibility index (Phi) is 4.49. The minimum atomic E-state index is 0.906. The van der Waals surface area contributed by atoms with E-state index in [1.807, 2.05) is 0 Å². The van der Waals surface area contributed by atoms with Crippen molar-refractivity contribution in [1.29, 1.82) is 0 Å². The Morgan fingerprint density at radius 2 is 1.25 bits per heavy atom. The van der Waals surface area contributed by atoms with Gasteiger partial charge in [0, 0.05) is 0 Å². The number of hydrogen-bond donors (Lipinski definition) is 0. The van der Waals surface area contributed by atoms with Crippen molar-refractivity contribution < 1.29 is 0 Å². The van der Waals surface area contributed by atoms with Crippen LogP contribution >= 0.6 is 0 Å². The molecule has 2 rings (SSSR count). The molecule has 0 aromatic carbocycles. The summed E-state index contributed by atoms with van der Waals surface area (Å²) in [5.74, 6) is 4.08. The fourth-order valence-corrected chi connectivity index (χ4v) is 3.84. The molecule has 16 heavy (non-hydrogen) atoms. The number of hydrogen-bond acceptors (Lipinski definition) is 0. The molecule has 2 fully saturated rings. The molecule has 0 heterocycles. The van der Waals surface area contributed by atoms with E-state index >= 15 is 0 Å². The molecule has 0 unspecified atom stereocenters. The van der Waals surface area contributed by atoms with Gasteiger partial charge in [-0.05, 0) is 69.1 Å². The lowest BCUT2D eigenvalue weighted by Gasteiger charge is -2.36. The van der Waals surface area contributed by atoms with Crippen molar-refractivity contribution in [3.63, 3.8) is 0 Å². The van der Waals surface area contributed by atoms with E-state index in [2.05, 4.69) is 26.0 Å². The first-order valence-electron chi connectivity index (χ1n) is 7.42. The zero-order valence-electron chi connectivity index (χ0n) is 11.1. The van der Waals surface area contributed by atoms with Crippen molar-refractivity contribution >= 4 is 0 Å². The zero-order chi connectivity index (χ0) is 11.4. The molecular weight excluding hydrogens is 192 g/mol. The standard InChI is InChI=1S/C16H28/c1-3-4-14-7-11-16(12-8-14)15-9-5-13(2)6-10-15/h3-4,13-16H,5-12H2,1-2H3/b4-3+. The molecule has 2 aliphatic rings. The van der Waals surface area contributed by atoms with Crippen LogP contribution in [0, 0.1) is 23.7 Å². The fraction of sp³-hybridized carbons (Fsp3) is 0.875. The third-order valence-corrected chi connectivity index (χ3v) is 5.01. The van der Waals surface area contributed by atoms with Crippen molar-refractivity contribution in [3.05, 3.63) is 12.2 Å². The monoisotopic (exact) mass is 220 g/mol. The average molecular weight is 220 g/mol. The van der Waals surface area contributed by atoms with Crippen LogP contribution in [0.5, 0.6) is 0 Å². The van der Waals surface area contributed by atoms with Gasteiger partial charge in [0.15, 0.2) is 0 Å². The van der Waals surface area contributed by atoms with E-state index in [4.69, 9.17) is 0 Å². The Hall–Kier alpha value is -0.260. The van der Waals surface area contributed by atoms with Crippen molar-refractivity contribution in [3.8, 4) is 0 Å². The quantitative estimate of drug-likeness (QED) is 0.561. The molecule has 0 aromatic heterocycles. The second kappa shape index (κ2) is 5.89. The second-order valence-electron chi connectivity index (χ2n) is 6.22. The summed E-state index contributed by atoms with van der Waals surface area (Å²) in [5, 5.41) is 0. The lowest BCUT2D eigenvalue weighted by Crippen LogP contribution is -2.24. The molecule has 0 N–H and O–H groups in total. The van der Waals surface area contributed by atoms with Crippen LogP contribution in [0.25, 0.3) is 0 Å². The summed E-state index contributed by atoms with van der Waals surface area (Å²) in [5.41, 5.74) is 0. The van der Waals surface area contributed by atoms with Gasteiger partial charge in [0.05, 0.1) is 0 Å². The minimum absolute atomic E-state index is 0.906. The maximum atomic E-state index is 2.43. The highest BCUT2D eigenvalue weighted by Crippen LogP contribution is 2.41. The third-order valence-electron chi connectivity index (χ3n) is 5.01. The molecule has 0 amide bonds. The molecule has 0 spiro atoms. The molecular formula is C16H28. The minimum Gasteiger partial charge on any atom is -0.0914 e. The van der Waals surface area contributed by atoms with E-state index in [0.717, 1.165) is 23.7 Å². The van der Waals surface area contributed by atoms with E-state index in [1.54, 1.807) is 0 Å². The van der Waals surface area contributed by atoms with Crippen LogP contribution in [0.3, 0.4) is 0 Å². The van der Waals surface area contributed by atoms with Crippen molar-refractivity contribution in [2.45, 2.75) is 65.2 Å². The van der Waals surface area contributed by atoms with Gasteiger partial charge in [0.2, 0.25) is 0 Å². The van der Waals surface area contributed by atoms with Gasteiger partial charge in [-0.1, -0.05) is 31.9 Å². The molecule has 0 aromatic rings. The Bertz CT molecular complexity index is 212. The Morgan fingerprint density at radius 1 is 0.750 bits per heavy atom. The molecule has 0 heteroatoms. The number of rotatable bonds is 2. The molecule has 0 atom stereocenters. The van der Waals surface area contributed by atoms with E-state index in [-0.39, 0.29) is 0 Å². The highest BCUT2D eigenvalue weighted by Gasteiger charge is 2.28. The Labute approximate surface area is 102 Å². The van der Waals surface area contributed by atoms with Gasteiger partial charge in [-0.25, -0.2) is 0 Å². The lowest BCUT2D eigenvalue weighted by atomic mass is 9.69. The smallest absolute Gasteiger partial charge is 0.0233 e. The maximum absolute atomic E-state index is 2.43. The predicted molar refractivity (Wildman–Crippen MR) is 71.4 cm³/mol. The highest BCUT2D eigenvalue weighted by atomic mass is 14.3. The first-order chi connectivity index (χ1) is 7.79. The maximum Gasteiger partial charge on any atom is -0.0233 e. The van der Waals surface area contributed by atoms with Crippen molar-refractivity contribution in [2.24, 2.45) is 23.7 Å². The van der Waals surface area contributed by atoms with Crippen LogP contribution in [0.2, 0.25) is 0 Å². The molecule has 0 saturated heterocycles. The van der Waals surface area contributed by atoms with E-state index in [0.29, 0.717) is 0 Å². The molecule has 2 aliphatic carbocycles. The van der Waals surface area contributed by atoms with Crippen LogP contribution in [0.1, 0.15) is 65.2 Å². The van der Waals surface area contributed by atoms with E-state index < -0.39 is 0 Å². The SMILES string of the molecule is C/C=C/C1CCC(C2CCC(C)CC2)CC1. The third kappa shape index (κ3) is 3.12. The molecule has 0 aliphatic heterocycles. The molecule has 0 radical (unpaired) electrons. The summed E-state index contributed by atoms with van der Waals surface area (Å²) in [6.07, 6.45) is 16.7. The predicted octanol–water partition coefficient (Wildman–Crippen LogP) is 5.20. The topological polar surface area (TPSA) is 0 Å². The van der Waals surface area contributed by atoms with Crippen LogP contribution in [0.15, 0.2) is 12.2 Å². The second-order valence-corrected chi connectivity index (χ2v) is 6.22. The fourth-order valence-electron chi connectivity index (χ4n) is 3.84. The van der Waals surface area contributed by atoms with E-state index in [9.17, 15) is 0 Å².